The number of allylic oxidation sites excluding steroid dienone is 2. The van der Waals surface area contributed by atoms with E-state index >= 15 is 0 Å². The number of imide groups is 2. The van der Waals surface area contributed by atoms with Crippen LogP contribution in [-0.4, -0.2) is 51.6 Å². The van der Waals surface area contributed by atoms with E-state index < -0.39 is 29.6 Å². The Morgan fingerprint density at radius 2 is 1.55 bits per heavy atom. The van der Waals surface area contributed by atoms with Crippen molar-refractivity contribution < 1.29 is 28.7 Å². The summed E-state index contributed by atoms with van der Waals surface area (Å²) in [7, 11) is 0. The van der Waals surface area contributed by atoms with E-state index in [0.29, 0.717) is 37.5 Å². The van der Waals surface area contributed by atoms with Crippen LogP contribution in [0.1, 0.15) is 44.1 Å². The zero-order chi connectivity index (χ0) is 22.0. The summed E-state index contributed by atoms with van der Waals surface area (Å²) < 4.78 is 5.85. The average molecular weight is 426 g/mol. The first-order valence-corrected chi connectivity index (χ1v) is 11.0. The number of hydrogen-bond donors (Lipinski definition) is 1. The molecule has 5 rings (SSSR count). The molecular weight excluding hydrogens is 400 g/mol. The molecule has 31 heavy (non-hydrogen) atoms. The van der Waals surface area contributed by atoms with Gasteiger partial charge in [0.1, 0.15) is 18.1 Å². The number of rotatable bonds is 4. The molecule has 3 fully saturated rings. The first-order chi connectivity index (χ1) is 14.9. The summed E-state index contributed by atoms with van der Waals surface area (Å²) in [5.41, 5.74) is 0.916. The van der Waals surface area contributed by atoms with Crippen molar-refractivity contribution in [2.75, 3.05) is 13.1 Å². The largest absolute Gasteiger partial charge is 0.463 e. The molecule has 1 saturated carbocycles. The van der Waals surface area contributed by atoms with Crippen LogP contribution in [0.5, 0.6) is 0 Å². The molecule has 0 bridgehead atoms. The lowest BCUT2D eigenvalue weighted by atomic mass is 9.58. The smallest absolute Gasteiger partial charge is 0.234 e. The summed E-state index contributed by atoms with van der Waals surface area (Å²) in [6.45, 7) is 3.94. The monoisotopic (exact) mass is 426 g/mol. The van der Waals surface area contributed by atoms with E-state index in [1.807, 2.05) is 6.08 Å². The fraction of sp³-hybridized carbons (Fsp3) is 0.565. The molecule has 0 unspecified atom stereocenters. The minimum atomic E-state index is -0.585. The molecule has 1 aromatic heterocycles. The predicted molar refractivity (Wildman–Crippen MR) is 107 cm³/mol. The lowest BCUT2D eigenvalue weighted by Crippen LogP contribution is -2.43. The van der Waals surface area contributed by atoms with Crippen LogP contribution >= 0.6 is 0 Å². The fourth-order valence-corrected chi connectivity index (χ4v) is 6.31. The summed E-state index contributed by atoms with van der Waals surface area (Å²) in [5, 5.41) is 9.46. The van der Waals surface area contributed by atoms with Gasteiger partial charge in [0, 0.05) is 13.1 Å². The first kappa shape index (κ1) is 20.2. The van der Waals surface area contributed by atoms with E-state index in [4.69, 9.17) is 4.42 Å². The second-order valence-corrected chi connectivity index (χ2v) is 8.83. The number of hydrogen-bond acceptors (Lipinski definition) is 6. The lowest BCUT2D eigenvalue weighted by Gasteiger charge is -2.43. The van der Waals surface area contributed by atoms with E-state index in [1.165, 1.54) is 9.80 Å². The van der Waals surface area contributed by atoms with Crippen molar-refractivity contribution >= 4 is 23.6 Å². The molecule has 3 heterocycles. The minimum absolute atomic E-state index is 0.143. The van der Waals surface area contributed by atoms with Gasteiger partial charge in [-0.25, -0.2) is 0 Å². The molecule has 8 nitrogen and oxygen atoms in total. The van der Waals surface area contributed by atoms with Crippen LogP contribution in [0.15, 0.2) is 28.2 Å². The van der Waals surface area contributed by atoms with E-state index in [9.17, 15) is 24.3 Å². The van der Waals surface area contributed by atoms with E-state index in [2.05, 4.69) is 0 Å². The maximum atomic E-state index is 13.2. The van der Waals surface area contributed by atoms with Crippen molar-refractivity contribution in [3.8, 4) is 0 Å². The van der Waals surface area contributed by atoms with Crippen LogP contribution in [0.2, 0.25) is 0 Å². The second kappa shape index (κ2) is 7.15. The highest BCUT2D eigenvalue weighted by Gasteiger charge is 2.62. The standard InChI is InChI=1S/C23H26N2O6/c1-3-24-20(27)13-7-6-12-14(17(13)22(24)29)9-15-19(23(30)25(4-2)21(15)28)18(12)16-8-5-11(10-26)31-16/h5-6,8,13-15,17-19,26H,3-4,7,9-10H2,1-2H3/t13-,14+,15+,17-,18+,19+/m0/s1. The molecule has 8 heteroatoms. The van der Waals surface area contributed by atoms with E-state index in [-0.39, 0.29) is 36.2 Å². The van der Waals surface area contributed by atoms with Crippen LogP contribution in [0.25, 0.3) is 0 Å². The number of carbonyl (C=O) groups is 4. The molecular formula is C23H26N2O6. The number of furan rings is 1. The fourth-order valence-electron chi connectivity index (χ4n) is 6.31. The number of amides is 4. The van der Waals surface area contributed by atoms with Crippen molar-refractivity contribution in [3.63, 3.8) is 0 Å². The second-order valence-electron chi connectivity index (χ2n) is 8.83. The highest BCUT2D eigenvalue weighted by molar-refractivity contribution is 6.07. The van der Waals surface area contributed by atoms with Gasteiger partial charge in [0.25, 0.3) is 0 Å². The maximum absolute atomic E-state index is 13.2. The summed E-state index contributed by atoms with van der Waals surface area (Å²) in [6, 6.07) is 3.41. The van der Waals surface area contributed by atoms with Gasteiger partial charge in [0.15, 0.2) is 0 Å². The Kier molecular flexibility index (Phi) is 4.66. The molecule has 1 aromatic rings. The van der Waals surface area contributed by atoms with Gasteiger partial charge in [-0.1, -0.05) is 11.6 Å². The first-order valence-electron chi connectivity index (χ1n) is 11.0. The van der Waals surface area contributed by atoms with Gasteiger partial charge < -0.3 is 9.52 Å². The van der Waals surface area contributed by atoms with Gasteiger partial charge in [0.2, 0.25) is 23.6 Å². The Labute approximate surface area is 179 Å². The Bertz CT molecular complexity index is 1010. The van der Waals surface area contributed by atoms with Crippen LogP contribution in [0.3, 0.4) is 0 Å². The van der Waals surface area contributed by atoms with Crippen LogP contribution < -0.4 is 0 Å². The van der Waals surface area contributed by atoms with Crippen molar-refractivity contribution in [1.29, 1.82) is 0 Å². The molecule has 4 aliphatic rings. The molecule has 0 radical (unpaired) electrons. The van der Waals surface area contributed by atoms with Crippen LogP contribution in [0.4, 0.5) is 0 Å². The zero-order valence-electron chi connectivity index (χ0n) is 17.6. The molecule has 0 spiro atoms. The van der Waals surface area contributed by atoms with Crippen molar-refractivity contribution in [2.24, 2.45) is 29.6 Å². The Morgan fingerprint density at radius 1 is 0.903 bits per heavy atom. The normalized spacial score (nSPS) is 34.7. The topological polar surface area (TPSA) is 108 Å². The molecule has 0 aromatic carbocycles. The average Bonchev–Trinajstić information content (AvgIpc) is 3.41. The Morgan fingerprint density at radius 3 is 2.16 bits per heavy atom. The number of nitrogens with zero attached hydrogens (tertiary/aromatic N) is 2. The van der Waals surface area contributed by atoms with Gasteiger partial charge in [-0.05, 0) is 44.7 Å². The van der Waals surface area contributed by atoms with Crippen molar-refractivity contribution in [3.05, 3.63) is 35.3 Å². The Hall–Kier alpha value is -2.74. The van der Waals surface area contributed by atoms with Gasteiger partial charge in [-0.3, -0.25) is 29.0 Å². The number of aliphatic hydroxyl groups is 1. The number of aliphatic hydroxyl groups excluding tert-OH is 1. The van der Waals surface area contributed by atoms with Crippen molar-refractivity contribution in [2.45, 2.75) is 39.2 Å². The zero-order valence-corrected chi connectivity index (χ0v) is 17.6. The number of likely N-dealkylation sites (tertiary alicyclic amines) is 2. The molecule has 6 atom stereocenters. The highest BCUT2D eigenvalue weighted by Crippen LogP contribution is 2.57. The molecule has 2 saturated heterocycles. The summed E-state index contributed by atoms with van der Waals surface area (Å²) in [5.74, 6) is -2.62. The SMILES string of the molecule is CCN1C(=O)[C@H]2[C@H](CC=C3[C@H]2C[C@H]2C(=O)N(CC)C(=O)[C@H]2[C@H]3c2ccc(CO)o2)C1=O. The van der Waals surface area contributed by atoms with Gasteiger partial charge >= 0.3 is 0 Å². The Balaban J connectivity index is 1.63. The van der Waals surface area contributed by atoms with Crippen LogP contribution in [0, 0.1) is 29.6 Å². The van der Waals surface area contributed by atoms with Gasteiger partial charge in [0.05, 0.1) is 29.6 Å². The summed E-state index contributed by atoms with van der Waals surface area (Å²) in [4.78, 5) is 54.9. The number of carbonyl (C=O) groups excluding carboxylic acids is 4. The van der Waals surface area contributed by atoms with E-state index in [0.717, 1.165) is 5.57 Å². The van der Waals surface area contributed by atoms with E-state index in [1.54, 1.807) is 26.0 Å². The molecule has 164 valence electrons. The third-order valence-electron chi connectivity index (χ3n) is 7.61. The quantitative estimate of drug-likeness (QED) is 0.577. The highest BCUT2D eigenvalue weighted by atomic mass is 16.4. The molecule has 2 aliphatic carbocycles. The third-order valence-corrected chi connectivity index (χ3v) is 7.61. The van der Waals surface area contributed by atoms with Crippen LogP contribution in [-0.2, 0) is 25.8 Å². The lowest BCUT2D eigenvalue weighted by molar-refractivity contribution is -0.141. The number of fused-ring (bicyclic) bond motifs is 4. The molecule has 4 amide bonds. The van der Waals surface area contributed by atoms with Crippen molar-refractivity contribution in [1.82, 2.24) is 9.80 Å². The maximum Gasteiger partial charge on any atom is 0.234 e. The molecule has 2 aliphatic heterocycles. The summed E-state index contributed by atoms with van der Waals surface area (Å²) >= 11 is 0. The molecule has 1 N–H and O–H groups in total. The van der Waals surface area contributed by atoms with Gasteiger partial charge in [-0.15, -0.1) is 0 Å². The summed E-state index contributed by atoms with van der Waals surface area (Å²) in [6.07, 6.45) is 2.82. The van der Waals surface area contributed by atoms with Gasteiger partial charge in [-0.2, -0.15) is 0 Å². The predicted octanol–water partition coefficient (Wildman–Crippen LogP) is 1.45. The minimum Gasteiger partial charge on any atom is -0.463 e. The third kappa shape index (κ3) is 2.63.